The van der Waals surface area contributed by atoms with Crippen molar-refractivity contribution in [3.05, 3.63) is 28.6 Å². The molecule has 1 heterocycles. The number of halogens is 3. The Morgan fingerprint density at radius 2 is 2.15 bits per heavy atom. The van der Waals surface area contributed by atoms with Crippen LogP contribution in [0, 0.1) is 0 Å². The Bertz CT molecular complexity index is 683. The monoisotopic (exact) mass is 288 g/mol. The van der Waals surface area contributed by atoms with Crippen molar-refractivity contribution in [3.63, 3.8) is 0 Å². The number of hydrogen-bond acceptors (Lipinski definition) is 5. The van der Waals surface area contributed by atoms with Crippen LogP contribution in [-0.4, -0.2) is 33.9 Å². The first-order valence-corrected chi connectivity index (χ1v) is 5.55. The van der Waals surface area contributed by atoms with Crippen molar-refractivity contribution in [2.45, 2.75) is 12.3 Å². The molecule has 0 saturated carbocycles. The smallest absolute Gasteiger partial charge is 0.399 e. The van der Waals surface area contributed by atoms with E-state index in [2.05, 4.69) is 15.3 Å². The summed E-state index contributed by atoms with van der Waals surface area (Å²) in [5.74, 6) is -0.157. The average molecular weight is 288 g/mol. The molecule has 0 aliphatic rings. The van der Waals surface area contributed by atoms with Gasteiger partial charge in [0.2, 0.25) is 5.95 Å². The second-order valence-electron chi connectivity index (χ2n) is 4.13. The molecule has 2 aromatic rings. The lowest BCUT2D eigenvalue weighted by Gasteiger charge is -2.15. The number of nitrogens with zero attached hydrogens (tertiary/aromatic N) is 1. The minimum atomic E-state index is -4.74. The predicted molar refractivity (Wildman–Crippen MR) is 67.3 cm³/mol. The van der Waals surface area contributed by atoms with E-state index in [1.165, 1.54) is 18.2 Å². The van der Waals surface area contributed by atoms with Crippen molar-refractivity contribution < 1.29 is 18.3 Å². The van der Waals surface area contributed by atoms with Crippen LogP contribution in [0.3, 0.4) is 0 Å². The van der Waals surface area contributed by atoms with Gasteiger partial charge in [0.05, 0.1) is 17.4 Å². The molecule has 1 aromatic heterocycles. The number of nitrogen functional groups attached to an aromatic ring is 1. The minimum absolute atomic E-state index is 0.157. The summed E-state index contributed by atoms with van der Waals surface area (Å²) in [7, 11) is 0. The van der Waals surface area contributed by atoms with Gasteiger partial charge in [-0.25, -0.2) is 4.98 Å². The third-order valence-electron chi connectivity index (χ3n) is 2.57. The molecule has 0 amide bonds. The summed E-state index contributed by atoms with van der Waals surface area (Å²) in [6.45, 7) is -0.813. The van der Waals surface area contributed by atoms with Crippen molar-refractivity contribution in [3.8, 4) is 0 Å². The van der Waals surface area contributed by atoms with E-state index in [9.17, 15) is 18.0 Å². The molecule has 0 radical (unpaired) electrons. The molecule has 108 valence electrons. The summed E-state index contributed by atoms with van der Waals surface area (Å²) < 4.78 is 36.4. The summed E-state index contributed by atoms with van der Waals surface area (Å²) in [5, 5.41) is 11.3. The van der Waals surface area contributed by atoms with Crippen LogP contribution < -0.4 is 16.6 Å². The van der Waals surface area contributed by atoms with Crippen LogP contribution in [0.2, 0.25) is 0 Å². The Kier molecular flexibility index (Phi) is 3.53. The molecule has 20 heavy (non-hydrogen) atoms. The van der Waals surface area contributed by atoms with Crippen molar-refractivity contribution in [1.29, 1.82) is 0 Å². The van der Waals surface area contributed by atoms with Gasteiger partial charge in [0.1, 0.15) is 0 Å². The fourth-order valence-corrected chi connectivity index (χ4v) is 1.55. The number of aromatic amines is 1. The molecule has 2 rings (SSSR count). The molecule has 5 N–H and O–H groups in total. The fourth-order valence-electron chi connectivity index (χ4n) is 1.55. The first kappa shape index (κ1) is 14.1. The topological polar surface area (TPSA) is 104 Å². The maximum atomic E-state index is 12.1. The Morgan fingerprint density at radius 3 is 2.80 bits per heavy atom. The van der Waals surface area contributed by atoms with Gasteiger partial charge in [-0.2, -0.15) is 13.2 Å². The zero-order valence-corrected chi connectivity index (χ0v) is 10.0. The zero-order valence-electron chi connectivity index (χ0n) is 10.0. The van der Waals surface area contributed by atoms with Gasteiger partial charge in [-0.1, -0.05) is 0 Å². The number of fused-ring (bicyclic) bond motifs is 1. The van der Waals surface area contributed by atoms with Crippen LogP contribution in [0.25, 0.3) is 10.9 Å². The van der Waals surface area contributed by atoms with Gasteiger partial charge in [0, 0.05) is 5.69 Å². The van der Waals surface area contributed by atoms with Gasteiger partial charge < -0.3 is 16.2 Å². The second kappa shape index (κ2) is 5.00. The molecule has 9 heteroatoms. The number of anilines is 2. The van der Waals surface area contributed by atoms with Gasteiger partial charge in [-0.05, 0) is 18.2 Å². The number of aromatic nitrogens is 2. The molecular formula is C11H11F3N4O2. The third kappa shape index (κ3) is 2.99. The number of rotatable bonds is 3. The lowest BCUT2D eigenvalue weighted by molar-refractivity contribution is -0.198. The maximum absolute atomic E-state index is 12.1. The summed E-state index contributed by atoms with van der Waals surface area (Å²) in [4.78, 5) is 17.9. The van der Waals surface area contributed by atoms with E-state index in [0.29, 0.717) is 5.69 Å². The normalized spacial score (nSPS) is 13.4. The van der Waals surface area contributed by atoms with Crippen LogP contribution in [0.5, 0.6) is 0 Å². The molecule has 1 aromatic carbocycles. The standard InChI is InChI=1S/C11H11F3N4O2/c12-11(13,14)8(19)4-16-10-17-7-2-1-5(15)3-6(7)9(20)18-10/h1-3,8,19H,4,15H2,(H2,16,17,18,20). The summed E-state index contributed by atoms with van der Waals surface area (Å²) in [6.07, 6.45) is -7.28. The lowest BCUT2D eigenvalue weighted by Crippen LogP contribution is -2.35. The Morgan fingerprint density at radius 1 is 1.45 bits per heavy atom. The largest absolute Gasteiger partial charge is 0.416 e. The highest BCUT2D eigenvalue weighted by Crippen LogP contribution is 2.20. The van der Waals surface area contributed by atoms with Crippen LogP contribution in [-0.2, 0) is 0 Å². The van der Waals surface area contributed by atoms with Crippen molar-refractivity contribution in [2.75, 3.05) is 17.6 Å². The predicted octanol–water partition coefficient (Wildman–Crippen LogP) is 0.840. The van der Waals surface area contributed by atoms with Crippen LogP contribution in [0.1, 0.15) is 0 Å². The highest BCUT2D eigenvalue weighted by Gasteiger charge is 2.37. The van der Waals surface area contributed by atoms with Crippen LogP contribution in [0.4, 0.5) is 24.8 Å². The maximum Gasteiger partial charge on any atom is 0.416 e. The van der Waals surface area contributed by atoms with Crippen LogP contribution >= 0.6 is 0 Å². The van der Waals surface area contributed by atoms with E-state index in [1.54, 1.807) is 0 Å². The fraction of sp³-hybridized carbons (Fsp3) is 0.273. The zero-order chi connectivity index (χ0) is 14.9. The van der Waals surface area contributed by atoms with Gasteiger partial charge >= 0.3 is 6.18 Å². The SMILES string of the molecule is Nc1ccc2nc(NCC(O)C(F)(F)F)[nH]c(=O)c2c1. The number of nitrogens with one attached hydrogen (secondary N) is 2. The molecule has 1 unspecified atom stereocenters. The van der Waals surface area contributed by atoms with Gasteiger partial charge in [-0.15, -0.1) is 0 Å². The molecule has 0 fully saturated rings. The van der Waals surface area contributed by atoms with E-state index in [1.807, 2.05) is 0 Å². The molecule has 0 aliphatic heterocycles. The van der Waals surface area contributed by atoms with E-state index in [0.717, 1.165) is 0 Å². The molecule has 0 spiro atoms. The van der Waals surface area contributed by atoms with Crippen molar-refractivity contribution in [1.82, 2.24) is 9.97 Å². The number of aliphatic hydroxyl groups excluding tert-OH is 1. The van der Waals surface area contributed by atoms with Crippen molar-refractivity contribution >= 4 is 22.5 Å². The Balaban J connectivity index is 2.24. The van der Waals surface area contributed by atoms with Crippen LogP contribution in [0.15, 0.2) is 23.0 Å². The average Bonchev–Trinajstić information content (AvgIpc) is 2.35. The molecule has 0 saturated heterocycles. The number of alkyl halides is 3. The molecular weight excluding hydrogens is 277 g/mol. The van der Waals surface area contributed by atoms with Gasteiger partial charge in [-0.3, -0.25) is 9.78 Å². The van der Waals surface area contributed by atoms with Gasteiger partial charge in [0.25, 0.3) is 5.56 Å². The number of benzene rings is 1. The quantitative estimate of drug-likeness (QED) is 0.627. The number of H-pyrrole nitrogens is 1. The van der Waals surface area contributed by atoms with E-state index in [4.69, 9.17) is 10.8 Å². The molecule has 6 nitrogen and oxygen atoms in total. The molecule has 0 bridgehead atoms. The van der Waals surface area contributed by atoms with E-state index >= 15 is 0 Å². The van der Waals surface area contributed by atoms with Crippen molar-refractivity contribution in [2.24, 2.45) is 0 Å². The highest BCUT2D eigenvalue weighted by molar-refractivity contribution is 5.81. The Hall–Kier alpha value is -2.29. The van der Waals surface area contributed by atoms with E-state index in [-0.39, 0.29) is 16.9 Å². The lowest BCUT2D eigenvalue weighted by atomic mass is 10.2. The van der Waals surface area contributed by atoms with Gasteiger partial charge in [0.15, 0.2) is 6.10 Å². The summed E-state index contributed by atoms with van der Waals surface area (Å²) in [5.41, 5.74) is 5.64. The third-order valence-corrected chi connectivity index (χ3v) is 2.57. The first-order valence-electron chi connectivity index (χ1n) is 5.55. The molecule has 1 atom stereocenters. The number of nitrogens with two attached hydrogens (primary N) is 1. The number of aliphatic hydroxyl groups is 1. The Labute approximate surface area is 110 Å². The van der Waals surface area contributed by atoms with E-state index < -0.39 is 24.4 Å². The molecule has 0 aliphatic carbocycles. The minimum Gasteiger partial charge on any atom is -0.399 e. The number of hydrogen-bond donors (Lipinski definition) is 4. The first-order chi connectivity index (χ1) is 9.27. The summed E-state index contributed by atoms with van der Waals surface area (Å²) in [6, 6.07) is 4.41. The highest BCUT2D eigenvalue weighted by atomic mass is 19.4. The summed E-state index contributed by atoms with van der Waals surface area (Å²) >= 11 is 0. The second-order valence-corrected chi connectivity index (χ2v) is 4.13.